The first kappa shape index (κ1) is 10.6. The second-order valence-electron chi connectivity index (χ2n) is 0.986. The van der Waals surface area contributed by atoms with Crippen molar-refractivity contribution in [3.8, 4) is 0 Å². The lowest BCUT2D eigenvalue weighted by Gasteiger charge is -1.91. The monoisotopic (exact) mass is 118 g/mol. The zero-order valence-corrected chi connectivity index (χ0v) is 5.64. The lowest BCUT2D eigenvalue weighted by Crippen LogP contribution is -1.96. The summed E-state index contributed by atoms with van der Waals surface area (Å²) in [6, 6.07) is 0. The Labute approximate surface area is 51.1 Å². The lowest BCUT2D eigenvalue weighted by atomic mass is 10.8. The molecule has 0 aromatic rings. The van der Waals surface area contributed by atoms with Crippen LogP contribution in [0.3, 0.4) is 0 Å². The molecule has 8 heavy (non-hydrogen) atoms. The maximum Gasteiger partial charge on any atom is 0.0696 e. The van der Waals surface area contributed by atoms with Crippen molar-refractivity contribution in [2.24, 2.45) is 0 Å². The van der Waals surface area contributed by atoms with Gasteiger partial charge in [-0.15, -0.1) is 13.2 Å². The molecule has 0 rings (SSSR count). The molecular weight excluding hydrogens is 104 g/mol. The number of hydrogen-bond donors (Lipinski definition) is 0. The second-order valence-corrected chi connectivity index (χ2v) is 0.986. The summed E-state index contributed by atoms with van der Waals surface area (Å²) in [7, 11) is 3.30. The summed E-state index contributed by atoms with van der Waals surface area (Å²) >= 11 is 0. The molecular formula is C6H14O2. The van der Waals surface area contributed by atoms with E-state index in [2.05, 4.69) is 22.6 Å². The van der Waals surface area contributed by atoms with E-state index in [9.17, 15) is 0 Å². The van der Waals surface area contributed by atoms with Crippen molar-refractivity contribution in [1.82, 2.24) is 0 Å². The summed E-state index contributed by atoms with van der Waals surface area (Å²) in [6.07, 6.45) is 0. The predicted molar refractivity (Wildman–Crippen MR) is 35.0 cm³/mol. The molecule has 0 aliphatic rings. The van der Waals surface area contributed by atoms with Gasteiger partial charge < -0.3 is 9.47 Å². The van der Waals surface area contributed by atoms with Gasteiger partial charge in [0.25, 0.3) is 0 Å². The molecule has 2 heteroatoms. The molecule has 2 nitrogen and oxygen atoms in total. The Morgan fingerprint density at radius 2 is 1.25 bits per heavy atom. The van der Waals surface area contributed by atoms with Crippen LogP contribution < -0.4 is 0 Å². The van der Waals surface area contributed by atoms with Crippen molar-refractivity contribution in [1.29, 1.82) is 0 Å². The third-order valence-corrected chi connectivity index (χ3v) is 0.492. The van der Waals surface area contributed by atoms with E-state index >= 15 is 0 Å². The van der Waals surface area contributed by atoms with E-state index in [1.807, 2.05) is 0 Å². The molecule has 50 valence electrons. The van der Waals surface area contributed by atoms with E-state index < -0.39 is 0 Å². The van der Waals surface area contributed by atoms with Gasteiger partial charge in [-0.25, -0.2) is 0 Å². The first-order valence-electron chi connectivity index (χ1n) is 2.39. The third-order valence-electron chi connectivity index (χ3n) is 0.492. The van der Waals surface area contributed by atoms with E-state index in [0.29, 0.717) is 13.2 Å². The van der Waals surface area contributed by atoms with Crippen LogP contribution in [0.25, 0.3) is 0 Å². The van der Waals surface area contributed by atoms with Crippen molar-refractivity contribution >= 4 is 0 Å². The van der Waals surface area contributed by atoms with Gasteiger partial charge in [0.15, 0.2) is 0 Å². The van der Waals surface area contributed by atoms with Gasteiger partial charge in [0.2, 0.25) is 0 Å². The first-order valence-corrected chi connectivity index (χ1v) is 2.39. The van der Waals surface area contributed by atoms with Crippen molar-refractivity contribution in [3.05, 3.63) is 13.2 Å². The normalized spacial score (nSPS) is 7.25. The van der Waals surface area contributed by atoms with E-state index in [1.165, 1.54) is 0 Å². The Bertz CT molecular complexity index is 25.7. The van der Waals surface area contributed by atoms with Crippen LogP contribution in [0.1, 0.15) is 0 Å². The van der Waals surface area contributed by atoms with E-state index in [4.69, 9.17) is 0 Å². The zero-order valence-electron chi connectivity index (χ0n) is 5.64. The SMILES string of the molecule is C=C.COCCOC. The summed E-state index contributed by atoms with van der Waals surface area (Å²) in [5, 5.41) is 0. The molecule has 0 atom stereocenters. The Morgan fingerprint density at radius 1 is 1.00 bits per heavy atom. The van der Waals surface area contributed by atoms with Gasteiger partial charge >= 0.3 is 0 Å². The van der Waals surface area contributed by atoms with Crippen LogP contribution in [0.2, 0.25) is 0 Å². The fraction of sp³-hybridized carbons (Fsp3) is 0.667. The van der Waals surface area contributed by atoms with Crippen LogP contribution in [0.15, 0.2) is 13.2 Å². The van der Waals surface area contributed by atoms with Gasteiger partial charge in [0, 0.05) is 14.2 Å². The van der Waals surface area contributed by atoms with E-state index in [1.54, 1.807) is 14.2 Å². The largest absolute Gasteiger partial charge is 0.382 e. The van der Waals surface area contributed by atoms with Crippen LogP contribution in [0, 0.1) is 0 Å². The third kappa shape index (κ3) is 17.4. The van der Waals surface area contributed by atoms with E-state index in [-0.39, 0.29) is 0 Å². The standard InChI is InChI=1S/C4H10O2.C2H4/c1-5-3-4-6-2;1-2/h3-4H2,1-2H3;1-2H2. The molecule has 0 heterocycles. The Balaban J connectivity index is 0. The van der Waals surface area contributed by atoms with Gasteiger partial charge in [-0.1, -0.05) is 0 Å². The van der Waals surface area contributed by atoms with E-state index in [0.717, 1.165) is 0 Å². The Hall–Kier alpha value is -0.340. The van der Waals surface area contributed by atoms with Crippen molar-refractivity contribution in [2.75, 3.05) is 27.4 Å². The Kier molecular flexibility index (Phi) is 21.1. The number of rotatable bonds is 3. The number of ether oxygens (including phenoxy) is 2. The molecule has 0 N–H and O–H groups in total. The summed E-state index contributed by atoms with van der Waals surface area (Å²) in [6.45, 7) is 7.38. The summed E-state index contributed by atoms with van der Waals surface area (Å²) < 4.78 is 9.31. The van der Waals surface area contributed by atoms with Gasteiger partial charge in [-0.05, 0) is 0 Å². The summed E-state index contributed by atoms with van der Waals surface area (Å²) in [5.41, 5.74) is 0. The highest BCUT2D eigenvalue weighted by atomic mass is 16.5. The van der Waals surface area contributed by atoms with Crippen LogP contribution in [0.5, 0.6) is 0 Å². The molecule has 0 aromatic carbocycles. The molecule has 0 radical (unpaired) electrons. The van der Waals surface area contributed by atoms with Crippen LogP contribution in [0.4, 0.5) is 0 Å². The van der Waals surface area contributed by atoms with Crippen LogP contribution in [-0.2, 0) is 9.47 Å². The van der Waals surface area contributed by atoms with Crippen molar-refractivity contribution in [3.63, 3.8) is 0 Å². The quantitative estimate of drug-likeness (QED) is 0.408. The van der Waals surface area contributed by atoms with Gasteiger partial charge in [0.1, 0.15) is 0 Å². The van der Waals surface area contributed by atoms with Gasteiger partial charge in [0.05, 0.1) is 13.2 Å². The average Bonchev–Trinajstić information content (AvgIpc) is 1.88. The molecule has 0 bridgehead atoms. The molecule has 0 saturated carbocycles. The molecule has 0 spiro atoms. The van der Waals surface area contributed by atoms with Crippen LogP contribution in [-0.4, -0.2) is 27.4 Å². The van der Waals surface area contributed by atoms with Crippen LogP contribution >= 0.6 is 0 Å². The fourth-order valence-corrected chi connectivity index (χ4v) is 0.167. The first-order chi connectivity index (χ1) is 3.91. The van der Waals surface area contributed by atoms with Crippen molar-refractivity contribution in [2.45, 2.75) is 0 Å². The number of methoxy groups -OCH3 is 2. The lowest BCUT2D eigenvalue weighted by molar-refractivity contribution is 0.103. The highest BCUT2D eigenvalue weighted by Crippen LogP contribution is 1.65. The topological polar surface area (TPSA) is 18.5 Å². The van der Waals surface area contributed by atoms with Gasteiger partial charge in [-0.2, -0.15) is 0 Å². The molecule has 0 amide bonds. The fourth-order valence-electron chi connectivity index (χ4n) is 0.167. The minimum Gasteiger partial charge on any atom is -0.382 e. The molecule has 0 fully saturated rings. The smallest absolute Gasteiger partial charge is 0.0696 e. The second kappa shape index (κ2) is 15.9. The Morgan fingerprint density at radius 3 is 1.38 bits per heavy atom. The zero-order chi connectivity index (χ0) is 6.83. The summed E-state index contributed by atoms with van der Waals surface area (Å²) in [5.74, 6) is 0. The van der Waals surface area contributed by atoms with Crippen molar-refractivity contribution < 1.29 is 9.47 Å². The minimum atomic E-state index is 0.691. The minimum absolute atomic E-state index is 0.691. The summed E-state index contributed by atoms with van der Waals surface area (Å²) in [4.78, 5) is 0. The predicted octanol–water partition coefficient (Wildman–Crippen LogP) is 1.08. The van der Waals surface area contributed by atoms with Gasteiger partial charge in [-0.3, -0.25) is 0 Å². The molecule has 0 aliphatic carbocycles. The highest BCUT2D eigenvalue weighted by Gasteiger charge is 1.73. The number of hydrogen-bond acceptors (Lipinski definition) is 2. The highest BCUT2D eigenvalue weighted by molar-refractivity contribution is 4.22. The average molecular weight is 118 g/mol. The maximum absolute atomic E-state index is 4.66. The molecule has 0 unspecified atom stereocenters. The maximum atomic E-state index is 4.66. The molecule has 0 aromatic heterocycles. The molecule has 0 aliphatic heterocycles. The molecule has 0 saturated heterocycles.